The molecule has 1 saturated carbocycles. The van der Waals surface area contributed by atoms with Gasteiger partial charge in [0.2, 0.25) is 0 Å². The Kier molecular flexibility index (Phi) is 5.55. The Labute approximate surface area is 172 Å². The Morgan fingerprint density at radius 1 is 1.17 bits per heavy atom. The molecule has 1 aromatic heterocycles. The van der Waals surface area contributed by atoms with E-state index in [1.807, 2.05) is 12.3 Å². The minimum absolute atomic E-state index is 0.222. The zero-order valence-electron chi connectivity index (χ0n) is 17.4. The van der Waals surface area contributed by atoms with Crippen molar-refractivity contribution in [3.8, 4) is 5.75 Å². The van der Waals surface area contributed by atoms with Gasteiger partial charge in [0.25, 0.3) is 0 Å². The first-order chi connectivity index (χ1) is 14.0. The highest BCUT2D eigenvalue weighted by atomic mass is 19.1. The fourth-order valence-corrected chi connectivity index (χ4v) is 4.31. The number of halogens is 1. The molecule has 1 heterocycles. The summed E-state index contributed by atoms with van der Waals surface area (Å²) in [6, 6.07) is 16.1. The van der Waals surface area contributed by atoms with Crippen molar-refractivity contribution >= 4 is 10.9 Å². The summed E-state index contributed by atoms with van der Waals surface area (Å²) in [5.41, 5.74) is 3.02. The standard InChI is InChI=1S/C25H29FN2O/c1-25(2,22-15-18(26)8-11-24(22)29-3)16-20(28-19-9-10-19)14-17-12-13-27-23-7-5-4-6-21(17)23/h4-8,11-13,15,19-20,28H,9-10,14,16H2,1-3H3. The Morgan fingerprint density at radius 2 is 1.97 bits per heavy atom. The summed E-state index contributed by atoms with van der Waals surface area (Å²) < 4.78 is 19.6. The highest BCUT2D eigenvalue weighted by Crippen LogP contribution is 2.37. The number of methoxy groups -OCH3 is 1. The zero-order valence-corrected chi connectivity index (χ0v) is 17.4. The molecule has 1 fully saturated rings. The highest BCUT2D eigenvalue weighted by Gasteiger charge is 2.32. The molecule has 1 aliphatic carbocycles. The molecule has 3 nitrogen and oxygen atoms in total. The van der Waals surface area contributed by atoms with Gasteiger partial charge >= 0.3 is 0 Å². The third kappa shape index (κ3) is 4.59. The molecule has 0 amide bonds. The molecule has 0 spiro atoms. The number of hydrogen-bond donors (Lipinski definition) is 1. The van der Waals surface area contributed by atoms with Crippen molar-refractivity contribution in [1.82, 2.24) is 10.3 Å². The van der Waals surface area contributed by atoms with Crippen LogP contribution in [-0.4, -0.2) is 24.2 Å². The molecule has 0 saturated heterocycles. The second-order valence-electron chi connectivity index (χ2n) is 8.76. The lowest BCUT2D eigenvalue weighted by Gasteiger charge is -2.32. The molecule has 4 rings (SSSR count). The lowest BCUT2D eigenvalue weighted by molar-refractivity contribution is 0.345. The number of para-hydroxylation sites is 1. The van der Waals surface area contributed by atoms with Crippen LogP contribution in [0.1, 0.15) is 44.2 Å². The van der Waals surface area contributed by atoms with Crippen LogP contribution in [0.25, 0.3) is 10.9 Å². The van der Waals surface area contributed by atoms with Crippen LogP contribution < -0.4 is 10.1 Å². The number of pyridine rings is 1. The molecule has 29 heavy (non-hydrogen) atoms. The van der Waals surface area contributed by atoms with Crippen molar-refractivity contribution in [1.29, 1.82) is 0 Å². The minimum atomic E-state index is -0.233. The molecule has 0 radical (unpaired) electrons. The molecule has 0 aliphatic heterocycles. The summed E-state index contributed by atoms with van der Waals surface area (Å²) in [4.78, 5) is 4.50. The molecular weight excluding hydrogens is 363 g/mol. The summed E-state index contributed by atoms with van der Waals surface area (Å²) in [5.74, 6) is 0.525. The van der Waals surface area contributed by atoms with Crippen molar-refractivity contribution in [2.75, 3.05) is 7.11 Å². The van der Waals surface area contributed by atoms with Crippen LogP contribution in [0.2, 0.25) is 0 Å². The van der Waals surface area contributed by atoms with E-state index >= 15 is 0 Å². The monoisotopic (exact) mass is 392 g/mol. The number of ether oxygens (including phenoxy) is 1. The lowest BCUT2D eigenvalue weighted by atomic mass is 9.77. The van der Waals surface area contributed by atoms with Crippen LogP contribution in [0.4, 0.5) is 4.39 Å². The minimum Gasteiger partial charge on any atom is -0.496 e. The predicted octanol–water partition coefficient (Wildman–Crippen LogP) is 5.41. The first-order valence-electron chi connectivity index (χ1n) is 10.4. The van der Waals surface area contributed by atoms with E-state index in [-0.39, 0.29) is 17.3 Å². The van der Waals surface area contributed by atoms with E-state index in [2.05, 4.69) is 48.4 Å². The van der Waals surface area contributed by atoms with E-state index in [1.165, 1.54) is 29.9 Å². The van der Waals surface area contributed by atoms with E-state index < -0.39 is 0 Å². The first-order valence-corrected chi connectivity index (χ1v) is 10.4. The molecule has 0 bridgehead atoms. The van der Waals surface area contributed by atoms with Gasteiger partial charge in [0.1, 0.15) is 11.6 Å². The van der Waals surface area contributed by atoms with Gasteiger partial charge < -0.3 is 10.1 Å². The number of rotatable bonds is 8. The predicted molar refractivity (Wildman–Crippen MR) is 116 cm³/mol. The lowest BCUT2D eigenvalue weighted by Crippen LogP contribution is -2.38. The third-order valence-corrected chi connectivity index (χ3v) is 5.90. The van der Waals surface area contributed by atoms with Crippen molar-refractivity contribution in [2.45, 2.75) is 57.0 Å². The molecule has 1 N–H and O–H groups in total. The van der Waals surface area contributed by atoms with Gasteiger partial charge in [-0.1, -0.05) is 32.0 Å². The number of nitrogens with zero attached hydrogens (tertiary/aromatic N) is 1. The molecule has 3 aromatic rings. The maximum absolute atomic E-state index is 14.0. The Hall–Kier alpha value is -2.46. The van der Waals surface area contributed by atoms with Gasteiger partial charge in [0, 0.05) is 29.2 Å². The molecular formula is C25H29FN2O. The summed E-state index contributed by atoms with van der Waals surface area (Å²) >= 11 is 0. The van der Waals surface area contributed by atoms with E-state index in [1.54, 1.807) is 19.2 Å². The summed E-state index contributed by atoms with van der Waals surface area (Å²) in [6.07, 6.45) is 6.17. The fraction of sp³-hybridized carbons (Fsp3) is 0.400. The van der Waals surface area contributed by atoms with Gasteiger partial charge in [-0.05, 0) is 67.0 Å². The normalized spacial score (nSPS) is 15.4. The summed E-state index contributed by atoms with van der Waals surface area (Å²) in [7, 11) is 1.65. The van der Waals surface area contributed by atoms with E-state index in [0.717, 1.165) is 29.7 Å². The molecule has 2 aromatic carbocycles. The largest absolute Gasteiger partial charge is 0.496 e. The zero-order chi connectivity index (χ0) is 20.4. The number of benzene rings is 2. The van der Waals surface area contributed by atoms with Gasteiger partial charge in [-0.3, -0.25) is 4.98 Å². The maximum atomic E-state index is 14.0. The van der Waals surface area contributed by atoms with Crippen LogP contribution in [0.15, 0.2) is 54.7 Å². The number of hydrogen-bond acceptors (Lipinski definition) is 3. The average Bonchev–Trinajstić information content (AvgIpc) is 3.52. The first kappa shape index (κ1) is 19.8. The van der Waals surface area contributed by atoms with Crippen molar-refractivity contribution in [3.05, 3.63) is 71.7 Å². The van der Waals surface area contributed by atoms with E-state index in [4.69, 9.17) is 4.74 Å². The second-order valence-corrected chi connectivity index (χ2v) is 8.76. The smallest absolute Gasteiger partial charge is 0.123 e. The van der Waals surface area contributed by atoms with Crippen LogP contribution in [0.5, 0.6) is 5.75 Å². The second kappa shape index (κ2) is 8.11. The highest BCUT2D eigenvalue weighted by molar-refractivity contribution is 5.81. The number of nitrogens with one attached hydrogen (secondary N) is 1. The Balaban J connectivity index is 1.62. The molecule has 1 atom stereocenters. The van der Waals surface area contributed by atoms with Crippen molar-refractivity contribution < 1.29 is 9.13 Å². The van der Waals surface area contributed by atoms with E-state index in [0.29, 0.717) is 6.04 Å². The van der Waals surface area contributed by atoms with Gasteiger partial charge in [0.15, 0.2) is 0 Å². The van der Waals surface area contributed by atoms with Gasteiger partial charge in [-0.25, -0.2) is 4.39 Å². The molecule has 1 unspecified atom stereocenters. The SMILES string of the molecule is COc1ccc(F)cc1C(C)(C)CC(Cc1ccnc2ccccc12)NC1CC1. The number of fused-ring (bicyclic) bond motifs is 1. The third-order valence-electron chi connectivity index (χ3n) is 5.90. The van der Waals surface area contributed by atoms with Gasteiger partial charge in [0.05, 0.1) is 12.6 Å². The van der Waals surface area contributed by atoms with Crippen LogP contribution in [0.3, 0.4) is 0 Å². The average molecular weight is 393 g/mol. The van der Waals surface area contributed by atoms with Crippen LogP contribution in [0, 0.1) is 5.82 Å². The summed E-state index contributed by atoms with van der Waals surface area (Å²) in [5, 5.41) is 5.03. The Morgan fingerprint density at radius 3 is 2.72 bits per heavy atom. The number of aromatic nitrogens is 1. The van der Waals surface area contributed by atoms with Crippen LogP contribution >= 0.6 is 0 Å². The Bertz CT molecular complexity index is 992. The van der Waals surface area contributed by atoms with Crippen molar-refractivity contribution in [3.63, 3.8) is 0 Å². The van der Waals surface area contributed by atoms with E-state index in [9.17, 15) is 4.39 Å². The topological polar surface area (TPSA) is 34.1 Å². The molecule has 152 valence electrons. The quantitative estimate of drug-likeness (QED) is 0.556. The van der Waals surface area contributed by atoms with Gasteiger partial charge in [-0.2, -0.15) is 0 Å². The van der Waals surface area contributed by atoms with Crippen LogP contribution in [-0.2, 0) is 11.8 Å². The molecule has 1 aliphatic rings. The molecule has 4 heteroatoms. The summed E-state index contributed by atoms with van der Waals surface area (Å²) in [6.45, 7) is 4.35. The van der Waals surface area contributed by atoms with Crippen molar-refractivity contribution in [2.24, 2.45) is 0 Å². The fourth-order valence-electron chi connectivity index (χ4n) is 4.31. The maximum Gasteiger partial charge on any atom is 0.123 e. The van der Waals surface area contributed by atoms with Gasteiger partial charge in [-0.15, -0.1) is 0 Å².